The summed E-state index contributed by atoms with van der Waals surface area (Å²) in [5, 5.41) is 5.18. The van der Waals surface area contributed by atoms with Crippen molar-refractivity contribution in [2.24, 2.45) is 0 Å². The summed E-state index contributed by atoms with van der Waals surface area (Å²) in [6.07, 6.45) is 0. The average Bonchev–Trinajstić information content (AvgIpc) is 4.00. The maximum atomic E-state index is 2.55. The number of hydrogen-bond acceptors (Lipinski definition) is 0. The Balaban J connectivity index is 1.12. The van der Waals surface area contributed by atoms with E-state index in [0.717, 1.165) is 0 Å². The van der Waals surface area contributed by atoms with Crippen LogP contribution in [0.5, 0.6) is 0 Å². The predicted octanol–water partition coefficient (Wildman–Crippen LogP) is 12.1. The Morgan fingerprint density at radius 2 is 0.754 bits per heavy atom. The van der Waals surface area contributed by atoms with Crippen LogP contribution in [0.4, 0.5) is 0 Å². The molecule has 65 heavy (non-hydrogen) atoms. The molecule has 2 heteroatoms. The summed E-state index contributed by atoms with van der Waals surface area (Å²) in [6.45, 7) is 0. The van der Waals surface area contributed by atoms with Gasteiger partial charge in [0.15, 0.2) is 0 Å². The predicted molar refractivity (Wildman–Crippen MR) is 282 cm³/mol. The van der Waals surface area contributed by atoms with Gasteiger partial charge in [0.25, 0.3) is 0 Å². The van der Waals surface area contributed by atoms with E-state index < -0.39 is 20.8 Å². The molecule has 0 fully saturated rings. The van der Waals surface area contributed by atoms with Gasteiger partial charge in [0, 0.05) is 0 Å². The first-order valence-electron chi connectivity index (χ1n) is 23.0. The summed E-state index contributed by atoms with van der Waals surface area (Å²) in [6, 6.07) is 86.0. The van der Waals surface area contributed by atoms with Crippen molar-refractivity contribution in [3.05, 3.63) is 247 Å². The molecule has 2 aliphatic carbocycles. The Bertz CT molecular complexity index is 3770. The molecule has 1 heterocycles. The average molecular weight is 944 g/mol. The van der Waals surface area contributed by atoms with E-state index in [9.17, 15) is 0 Å². The van der Waals surface area contributed by atoms with Crippen molar-refractivity contribution in [1.82, 2.24) is 0 Å². The van der Waals surface area contributed by atoms with Crippen molar-refractivity contribution in [2.45, 2.75) is 5.41 Å². The quantitative estimate of drug-likeness (QED) is 0.122. The molecule has 14 rings (SSSR count). The summed E-state index contributed by atoms with van der Waals surface area (Å²) in [4.78, 5) is 0. The first-order chi connectivity index (χ1) is 32.2. The Hall–Kier alpha value is -6.97. The molecule has 0 radical (unpaired) electrons. The zero-order valence-electron chi connectivity index (χ0n) is 36.1. The number of hydrogen-bond donors (Lipinski definition) is 0. The van der Waals surface area contributed by atoms with Crippen LogP contribution in [0.15, 0.2) is 224 Å². The van der Waals surface area contributed by atoms with E-state index in [0.29, 0.717) is 16.5 Å². The van der Waals surface area contributed by atoms with Crippen LogP contribution in [0, 0.1) is 0 Å². The molecule has 0 N–H and O–H groups in total. The summed E-state index contributed by atoms with van der Waals surface area (Å²) in [7, 11) is 0. The normalized spacial score (nSPS) is 13.8. The molecule has 0 nitrogen and oxygen atoms in total. The molecule has 3 aliphatic rings. The van der Waals surface area contributed by atoms with Gasteiger partial charge in [-0.05, 0) is 0 Å². The van der Waals surface area contributed by atoms with E-state index in [1.807, 2.05) is 0 Å². The molecule has 0 saturated carbocycles. The van der Waals surface area contributed by atoms with Gasteiger partial charge in [-0.3, -0.25) is 0 Å². The first-order valence-corrected chi connectivity index (χ1v) is 28.0. The van der Waals surface area contributed by atoms with Crippen LogP contribution in [0.2, 0.25) is 0 Å². The van der Waals surface area contributed by atoms with Gasteiger partial charge in [0.2, 0.25) is 0 Å². The van der Waals surface area contributed by atoms with Crippen LogP contribution in [0.25, 0.3) is 99.4 Å². The molecule has 302 valence electrons. The van der Waals surface area contributed by atoms with Crippen LogP contribution >= 0.6 is 0 Å². The fraction of sp³-hybridized carbons (Fsp3) is 0.0159. The van der Waals surface area contributed by atoms with Crippen LogP contribution in [-0.4, -0.2) is 31.9 Å². The van der Waals surface area contributed by atoms with Gasteiger partial charge in [-0.15, -0.1) is 0 Å². The van der Waals surface area contributed by atoms with Crippen molar-refractivity contribution in [3.63, 3.8) is 0 Å². The number of benzene rings is 11. The molecule has 11 aromatic rings. The fourth-order valence-electron chi connectivity index (χ4n) is 12.5. The molecule has 0 unspecified atom stereocenters. The minimum atomic E-state index is -1.25. The molecular formula is C63H42Ge2. The van der Waals surface area contributed by atoms with E-state index in [1.165, 1.54) is 126 Å². The van der Waals surface area contributed by atoms with Crippen LogP contribution in [0.3, 0.4) is 0 Å². The topological polar surface area (TPSA) is 0 Å². The molecule has 0 bridgehead atoms. The van der Waals surface area contributed by atoms with E-state index in [2.05, 4.69) is 224 Å². The van der Waals surface area contributed by atoms with Crippen LogP contribution in [-0.2, 0) is 5.41 Å². The van der Waals surface area contributed by atoms with Gasteiger partial charge in [-0.2, -0.15) is 0 Å². The second kappa shape index (κ2) is 14.3. The van der Waals surface area contributed by atoms with Gasteiger partial charge >= 0.3 is 385 Å². The van der Waals surface area contributed by atoms with Crippen molar-refractivity contribution in [2.75, 3.05) is 0 Å². The summed E-state index contributed by atoms with van der Waals surface area (Å²) >= 11 is -0.686. The monoisotopic (exact) mass is 946 g/mol. The zero-order valence-corrected chi connectivity index (χ0v) is 43.2. The van der Waals surface area contributed by atoms with E-state index in [4.69, 9.17) is 0 Å². The Kier molecular flexibility index (Phi) is 8.21. The van der Waals surface area contributed by atoms with Gasteiger partial charge in [0.1, 0.15) is 0 Å². The van der Waals surface area contributed by atoms with Crippen LogP contribution in [0.1, 0.15) is 22.3 Å². The van der Waals surface area contributed by atoms with Gasteiger partial charge < -0.3 is 0 Å². The third-order valence-electron chi connectivity index (χ3n) is 15.1. The van der Waals surface area contributed by atoms with Crippen molar-refractivity contribution in [1.29, 1.82) is 0 Å². The molecule has 11 aromatic carbocycles. The summed E-state index contributed by atoms with van der Waals surface area (Å²) in [5.41, 5.74) is 23.7. The third kappa shape index (κ3) is 5.21. The standard InChI is InChI=1S/C63H42Ge2/c64-58-34-9-4-18-41(58)39-17-11-16-38(36-39)40-23-12-25-47-53(40)37-54-42(50-28-15-29-51-46-22-5-10-35-59(46)65-62(50)51)24-13-26-48(54)60(47)52-30-14-27-49-45-21-3-8-33-57(45)63(61(49)52)55-31-6-1-19-43(55)44-20-2-7-32-56(44)63/h1-37H,65H2,64H3. The second-order valence-corrected chi connectivity index (χ2v) is 24.3. The van der Waals surface area contributed by atoms with E-state index in [-0.39, 0.29) is 0 Å². The van der Waals surface area contributed by atoms with Crippen molar-refractivity contribution >= 4 is 66.7 Å². The Morgan fingerprint density at radius 3 is 1.43 bits per heavy atom. The fourth-order valence-corrected chi connectivity index (χ4v) is 18.3. The van der Waals surface area contributed by atoms with Gasteiger partial charge in [0.05, 0.1) is 0 Å². The number of rotatable bonds is 4. The van der Waals surface area contributed by atoms with Gasteiger partial charge in [-0.1, -0.05) is 12.1 Å². The first kappa shape index (κ1) is 37.4. The molecule has 0 atom stereocenters. The van der Waals surface area contributed by atoms with Crippen molar-refractivity contribution in [3.8, 4) is 77.9 Å². The maximum absolute atomic E-state index is 2.55. The SMILES string of the molecule is [GeH3][c]1ccccc1-c1cccc(-c2cccc3c(-c4cccc5c4C4(c6ccccc6-c6ccccc64)c4ccccc4-5)c4cccc(-c5cccc6[c]5[GeH2][c]5ccccc5-6)c4cc23)c1. The summed E-state index contributed by atoms with van der Waals surface area (Å²) in [5.74, 6) is 0. The van der Waals surface area contributed by atoms with Crippen LogP contribution < -0.4 is 13.2 Å². The molecule has 1 spiro atoms. The Labute approximate surface area is 394 Å². The van der Waals surface area contributed by atoms with E-state index in [1.54, 1.807) is 8.79 Å². The molecule has 0 saturated heterocycles. The van der Waals surface area contributed by atoms with Gasteiger partial charge in [-0.25, -0.2) is 0 Å². The van der Waals surface area contributed by atoms with Crippen molar-refractivity contribution < 1.29 is 0 Å². The molecule has 1 aliphatic heterocycles. The molecule has 0 amide bonds. The second-order valence-electron chi connectivity index (χ2n) is 18.2. The minimum absolute atomic E-state index is 0.481. The molecular weight excluding hydrogens is 902 g/mol. The molecule has 0 aromatic heterocycles. The third-order valence-corrected chi connectivity index (χ3v) is 21.4. The number of fused-ring (bicyclic) bond motifs is 15. The summed E-state index contributed by atoms with van der Waals surface area (Å²) < 4.78 is 4.67. The van der Waals surface area contributed by atoms with E-state index >= 15 is 0 Å². The Morgan fingerprint density at radius 1 is 0.308 bits per heavy atom. The zero-order chi connectivity index (χ0) is 42.8.